The van der Waals surface area contributed by atoms with Crippen LogP contribution in [-0.2, 0) is 0 Å². The van der Waals surface area contributed by atoms with Gasteiger partial charge >= 0.3 is 0 Å². The molecule has 1 aromatic carbocycles. The van der Waals surface area contributed by atoms with Gasteiger partial charge < -0.3 is 10.8 Å². The van der Waals surface area contributed by atoms with Crippen LogP contribution >= 0.6 is 11.3 Å². The Balaban J connectivity index is 1.35. The molecule has 188 valence electrons. The van der Waals surface area contributed by atoms with E-state index in [1.807, 2.05) is 30.3 Å². The predicted molar refractivity (Wildman–Crippen MR) is 145 cm³/mol. The van der Waals surface area contributed by atoms with Crippen molar-refractivity contribution in [2.45, 2.75) is 77.2 Å². The minimum atomic E-state index is -0.164. The fourth-order valence-corrected chi connectivity index (χ4v) is 9.58. The second-order valence-electron chi connectivity index (χ2n) is 12.0. The largest absolute Gasteiger partial charge is 0.393 e. The topological polar surface area (TPSA) is 94.8 Å². The zero-order valence-electron chi connectivity index (χ0n) is 21.3. The highest BCUT2D eigenvalue weighted by atomic mass is 32.1. The van der Waals surface area contributed by atoms with Crippen LogP contribution < -0.4 is 5.73 Å². The molecule has 0 bridgehead atoms. The maximum atomic E-state index is 10.3. The van der Waals surface area contributed by atoms with Crippen LogP contribution in [0.25, 0.3) is 0 Å². The number of aliphatic hydroxyl groups is 1. The van der Waals surface area contributed by atoms with E-state index in [9.17, 15) is 10.4 Å². The molecule has 1 unspecified atom stereocenters. The Labute approximate surface area is 218 Å². The number of nitrogens with two attached hydrogens (primary N) is 1. The van der Waals surface area contributed by atoms with Gasteiger partial charge in [-0.2, -0.15) is 5.26 Å². The van der Waals surface area contributed by atoms with Crippen LogP contribution in [0.5, 0.6) is 0 Å². The van der Waals surface area contributed by atoms with E-state index in [1.165, 1.54) is 36.2 Å². The number of aliphatic hydroxyl groups excluding tert-OH is 1. The Morgan fingerprint density at radius 2 is 1.86 bits per heavy atom. The summed E-state index contributed by atoms with van der Waals surface area (Å²) in [5.41, 5.74) is 10.7. The van der Waals surface area contributed by atoms with Crippen molar-refractivity contribution in [3.8, 4) is 6.07 Å². The van der Waals surface area contributed by atoms with E-state index in [-0.39, 0.29) is 22.9 Å². The Morgan fingerprint density at radius 3 is 2.64 bits per heavy atom. The van der Waals surface area contributed by atoms with Crippen LogP contribution in [0.3, 0.4) is 0 Å². The van der Waals surface area contributed by atoms with E-state index < -0.39 is 0 Å². The number of hydrogen-bond acceptors (Lipinski definition) is 6. The lowest BCUT2D eigenvalue weighted by molar-refractivity contribution is -0.0408. The van der Waals surface area contributed by atoms with E-state index in [0.717, 1.165) is 48.4 Å². The van der Waals surface area contributed by atoms with Crippen LogP contribution in [0, 0.1) is 39.9 Å². The van der Waals surface area contributed by atoms with Gasteiger partial charge in [0.15, 0.2) is 0 Å². The van der Waals surface area contributed by atoms with Crippen molar-refractivity contribution in [1.29, 1.82) is 5.26 Å². The van der Waals surface area contributed by atoms with Crippen LogP contribution in [-0.4, -0.2) is 11.2 Å². The second kappa shape index (κ2) is 8.82. The summed E-state index contributed by atoms with van der Waals surface area (Å²) in [5, 5.41) is 30.9. The van der Waals surface area contributed by atoms with E-state index in [1.54, 1.807) is 0 Å². The molecule has 2 aromatic rings. The Morgan fingerprint density at radius 1 is 1.06 bits per heavy atom. The van der Waals surface area contributed by atoms with Crippen molar-refractivity contribution in [2.75, 3.05) is 5.73 Å². The molecular weight excluding hydrogens is 464 g/mol. The molecule has 0 spiro atoms. The van der Waals surface area contributed by atoms with Gasteiger partial charge in [-0.25, -0.2) is 0 Å². The molecule has 1 heterocycles. The number of nitriles is 1. The van der Waals surface area contributed by atoms with Crippen molar-refractivity contribution in [2.24, 2.45) is 38.8 Å². The van der Waals surface area contributed by atoms with Gasteiger partial charge in [-0.3, -0.25) is 0 Å². The zero-order valence-corrected chi connectivity index (χ0v) is 22.1. The molecule has 36 heavy (non-hydrogen) atoms. The van der Waals surface area contributed by atoms with Crippen molar-refractivity contribution < 1.29 is 5.11 Å². The molecule has 6 heteroatoms. The fraction of sp³-hybridized carbons (Fsp3) is 0.567. The summed E-state index contributed by atoms with van der Waals surface area (Å²) in [6.45, 7) is 4.96. The van der Waals surface area contributed by atoms with Crippen LogP contribution in [0.1, 0.15) is 82.3 Å². The maximum absolute atomic E-state index is 10.3. The third kappa shape index (κ3) is 3.58. The van der Waals surface area contributed by atoms with E-state index in [0.29, 0.717) is 28.3 Å². The van der Waals surface area contributed by atoms with Gasteiger partial charge in [-0.15, -0.1) is 10.2 Å². The lowest BCUT2D eigenvalue weighted by atomic mass is 9.47. The molecule has 0 amide bonds. The highest BCUT2D eigenvalue weighted by molar-refractivity contribution is 7.20. The molecule has 5 nitrogen and oxygen atoms in total. The first kappa shape index (κ1) is 23.9. The molecule has 0 aliphatic heterocycles. The van der Waals surface area contributed by atoms with Crippen molar-refractivity contribution in [1.82, 2.24) is 0 Å². The fourth-order valence-electron chi connectivity index (χ4n) is 8.68. The number of azo groups is 1. The second-order valence-corrected chi connectivity index (χ2v) is 13.1. The molecular formula is C30H36N4OS. The number of fused-ring (bicyclic) bond motifs is 5. The van der Waals surface area contributed by atoms with Crippen molar-refractivity contribution in [3.63, 3.8) is 0 Å². The number of nitrogens with zero attached hydrogens (tertiary/aromatic N) is 3. The lowest BCUT2D eigenvalue weighted by Crippen LogP contribution is -2.50. The van der Waals surface area contributed by atoms with Gasteiger partial charge in [0.2, 0.25) is 0 Å². The number of nitrogen functional groups attached to an aromatic ring is 1. The molecule has 0 radical (unpaired) electrons. The first-order valence-corrected chi connectivity index (χ1v) is 14.3. The molecule has 1 aromatic heterocycles. The van der Waals surface area contributed by atoms with Gasteiger partial charge in [-0.1, -0.05) is 55.0 Å². The van der Waals surface area contributed by atoms with Crippen molar-refractivity contribution in [3.05, 3.63) is 53.1 Å². The minimum Gasteiger partial charge on any atom is -0.393 e. The Hall–Kier alpha value is -2.49. The number of rotatable bonds is 3. The number of allylic oxidation sites excluding steroid dienone is 1. The number of thiophene rings is 1. The summed E-state index contributed by atoms with van der Waals surface area (Å²) in [7, 11) is 0. The summed E-state index contributed by atoms with van der Waals surface area (Å²) in [4.78, 5) is 0. The lowest BCUT2D eigenvalue weighted by Gasteiger charge is -2.58. The third-order valence-electron chi connectivity index (χ3n) is 10.5. The normalized spacial score (nSPS) is 37.6. The molecule has 3 N–H and O–H groups in total. The first-order valence-electron chi connectivity index (χ1n) is 13.5. The molecule has 0 saturated heterocycles. The van der Waals surface area contributed by atoms with E-state index in [2.05, 4.69) is 36.2 Å². The maximum Gasteiger partial charge on any atom is 0.145 e. The standard InChI is InChI=1S/C30H36N4OS/c1-29-14-12-20(35)16-18(29)8-9-21-23-10-11-25(30(23,2)15-13-24(21)29)26-22(17-31)27(32)36-28(26)34-33-19-6-4-3-5-7-19/h3-8,20-21,23-25,35H,9-16,32H2,1-2H3/t20-,21-,23-,24-,25?,29-,30-/m0/s1. The molecule has 3 saturated carbocycles. The Bertz CT molecular complexity index is 1260. The predicted octanol–water partition coefficient (Wildman–Crippen LogP) is 8.02. The quantitative estimate of drug-likeness (QED) is 0.330. The number of anilines is 1. The molecule has 7 atom stereocenters. The smallest absolute Gasteiger partial charge is 0.145 e. The highest BCUT2D eigenvalue weighted by Gasteiger charge is 2.59. The van der Waals surface area contributed by atoms with Gasteiger partial charge in [0, 0.05) is 5.56 Å². The van der Waals surface area contributed by atoms with Gasteiger partial charge in [-0.05, 0) is 98.0 Å². The van der Waals surface area contributed by atoms with Crippen LogP contribution in [0.2, 0.25) is 0 Å². The Kier molecular flexibility index (Phi) is 5.85. The minimum absolute atomic E-state index is 0.132. The average molecular weight is 501 g/mol. The summed E-state index contributed by atoms with van der Waals surface area (Å²) in [5.74, 6) is 2.28. The first-order chi connectivity index (χ1) is 17.3. The van der Waals surface area contributed by atoms with Gasteiger partial charge in [0.1, 0.15) is 16.1 Å². The SMILES string of the molecule is C[C@]12CC[C@H](O)CC1=CC[C@@H]1[C@@H]2CC[C@]2(C)C(c3c(N=Nc4ccccc4)sc(N)c3C#N)CC[C@@H]12. The molecule has 6 rings (SSSR count). The molecule has 4 aliphatic carbocycles. The summed E-state index contributed by atoms with van der Waals surface area (Å²) in [6, 6.07) is 12.2. The van der Waals surface area contributed by atoms with E-state index >= 15 is 0 Å². The number of hydrogen-bond donors (Lipinski definition) is 2. The van der Waals surface area contributed by atoms with Gasteiger partial charge in [0.05, 0.1) is 17.4 Å². The summed E-state index contributed by atoms with van der Waals surface area (Å²) >= 11 is 1.41. The van der Waals surface area contributed by atoms with Gasteiger partial charge in [0.25, 0.3) is 0 Å². The van der Waals surface area contributed by atoms with Crippen LogP contribution in [0.15, 0.2) is 52.2 Å². The summed E-state index contributed by atoms with van der Waals surface area (Å²) < 4.78 is 0. The van der Waals surface area contributed by atoms with Crippen molar-refractivity contribution >= 4 is 27.0 Å². The number of benzene rings is 1. The molecule has 4 aliphatic rings. The molecule has 3 fully saturated rings. The highest BCUT2D eigenvalue weighted by Crippen LogP contribution is 2.69. The zero-order chi connectivity index (χ0) is 25.1. The third-order valence-corrected chi connectivity index (χ3v) is 11.4. The summed E-state index contributed by atoms with van der Waals surface area (Å²) in [6.07, 6.45) is 11.0. The monoisotopic (exact) mass is 500 g/mol. The van der Waals surface area contributed by atoms with Crippen LogP contribution in [0.4, 0.5) is 15.7 Å². The van der Waals surface area contributed by atoms with E-state index in [4.69, 9.17) is 5.73 Å². The average Bonchev–Trinajstić information content (AvgIpc) is 3.38.